The fourth-order valence-corrected chi connectivity index (χ4v) is 3.26. The van der Waals surface area contributed by atoms with E-state index in [2.05, 4.69) is 22.9 Å². The third-order valence-electron chi connectivity index (χ3n) is 3.15. The van der Waals surface area contributed by atoms with Crippen LogP contribution in [0.3, 0.4) is 0 Å². The van der Waals surface area contributed by atoms with Crippen molar-refractivity contribution in [1.82, 2.24) is 5.43 Å². The van der Waals surface area contributed by atoms with Gasteiger partial charge in [-0.1, -0.05) is 25.3 Å². The second-order valence-corrected chi connectivity index (χ2v) is 5.04. The van der Waals surface area contributed by atoms with Gasteiger partial charge in [0.2, 0.25) is 0 Å². The molecule has 1 aromatic rings. The zero-order chi connectivity index (χ0) is 9.80. The van der Waals surface area contributed by atoms with Gasteiger partial charge in [-0.15, -0.1) is 11.3 Å². The van der Waals surface area contributed by atoms with E-state index in [-0.39, 0.29) is 0 Å². The van der Waals surface area contributed by atoms with E-state index in [4.69, 9.17) is 5.84 Å². The molecule has 0 spiro atoms. The van der Waals surface area contributed by atoms with Gasteiger partial charge in [0, 0.05) is 4.88 Å². The van der Waals surface area contributed by atoms with Gasteiger partial charge < -0.3 is 0 Å². The Morgan fingerprint density at radius 2 is 2.14 bits per heavy atom. The Bertz CT molecular complexity index is 252. The zero-order valence-corrected chi connectivity index (χ0v) is 9.22. The molecule has 0 radical (unpaired) electrons. The summed E-state index contributed by atoms with van der Waals surface area (Å²) in [5.41, 5.74) is 2.98. The van der Waals surface area contributed by atoms with Gasteiger partial charge in [0.1, 0.15) is 0 Å². The molecule has 2 nitrogen and oxygen atoms in total. The van der Waals surface area contributed by atoms with Crippen LogP contribution in [-0.2, 0) is 0 Å². The first-order valence-corrected chi connectivity index (χ1v) is 6.29. The maximum Gasteiger partial charge on any atom is 0.0581 e. The Labute approximate surface area is 89.5 Å². The van der Waals surface area contributed by atoms with Crippen molar-refractivity contribution in [2.75, 3.05) is 0 Å². The van der Waals surface area contributed by atoms with Crippen LogP contribution < -0.4 is 11.3 Å². The molecule has 3 heteroatoms. The Hall–Kier alpha value is -0.380. The predicted octanol–water partition coefficient (Wildman–Crippen LogP) is 2.83. The van der Waals surface area contributed by atoms with Crippen molar-refractivity contribution in [1.29, 1.82) is 0 Å². The van der Waals surface area contributed by atoms with E-state index in [1.807, 2.05) is 0 Å². The number of nitrogens with one attached hydrogen (secondary N) is 1. The van der Waals surface area contributed by atoms with E-state index in [9.17, 15) is 0 Å². The van der Waals surface area contributed by atoms with Crippen molar-refractivity contribution in [3.05, 3.63) is 22.4 Å². The van der Waals surface area contributed by atoms with Crippen molar-refractivity contribution in [3.63, 3.8) is 0 Å². The Balaban J connectivity index is 2.04. The molecule has 78 valence electrons. The van der Waals surface area contributed by atoms with E-state index in [0.29, 0.717) is 6.04 Å². The molecule has 0 aromatic carbocycles. The largest absolute Gasteiger partial charge is 0.271 e. The summed E-state index contributed by atoms with van der Waals surface area (Å²) in [7, 11) is 0. The van der Waals surface area contributed by atoms with Crippen LogP contribution in [0.2, 0.25) is 0 Å². The van der Waals surface area contributed by atoms with Crippen LogP contribution >= 0.6 is 11.3 Å². The molecule has 2 rings (SSSR count). The van der Waals surface area contributed by atoms with E-state index < -0.39 is 0 Å². The van der Waals surface area contributed by atoms with Crippen LogP contribution in [0.5, 0.6) is 0 Å². The average molecular weight is 210 g/mol. The lowest BCUT2D eigenvalue weighted by Crippen LogP contribution is -2.33. The fourth-order valence-electron chi connectivity index (χ4n) is 2.39. The molecule has 14 heavy (non-hydrogen) atoms. The first-order valence-electron chi connectivity index (χ1n) is 5.41. The third-order valence-corrected chi connectivity index (χ3v) is 4.11. The average Bonchev–Trinajstić information content (AvgIpc) is 2.74. The highest BCUT2D eigenvalue weighted by Gasteiger charge is 2.24. The molecule has 1 fully saturated rings. The standard InChI is InChI=1S/C11H18N2S/c12-13-11(10-7-4-8-14-10)9-5-2-1-3-6-9/h4,7-9,11,13H,1-3,5-6,12H2. The van der Waals surface area contributed by atoms with Crippen molar-refractivity contribution in [2.24, 2.45) is 11.8 Å². The number of nitrogens with two attached hydrogens (primary N) is 1. The Kier molecular flexibility index (Phi) is 3.56. The maximum absolute atomic E-state index is 5.65. The lowest BCUT2D eigenvalue weighted by molar-refractivity contribution is 0.276. The van der Waals surface area contributed by atoms with Crippen LogP contribution in [0.15, 0.2) is 17.5 Å². The van der Waals surface area contributed by atoms with Gasteiger partial charge in [-0.25, -0.2) is 0 Å². The maximum atomic E-state index is 5.65. The summed E-state index contributed by atoms with van der Waals surface area (Å²) in [4.78, 5) is 1.39. The van der Waals surface area contributed by atoms with Crippen LogP contribution in [0.4, 0.5) is 0 Å². The van der Waals surface area contributed by atoms with E-state index >= 15 is 0 Å². The minimum Gasteiger partial charge on any atom is -0.271 e. The molecular formula is C11H18N2S. The summed E-state index contributed by atoms with van der Waals surface area (Å²) in [6.45, 7) is 0. The second-order valence-electron chi connectivity index (χ2n) is 4.06. The summed E-state index contributed by atoms with van der Waals surface area (Å²) in [5, 5.41) is 2.13. The van der Waals surface area contributed by atoms with E-state index in [0.717, 1.165) is 5.92 Å². The second kappa shape index (κ2) is 4.91. The predicted molar refractivity (Wildman–Crippen MR) is 61.0 cm³/mol. The molecule has 1 aromatic heterocycles. The third kappa shape index (κ3) is 2.16. The molecule has 1 aliphatic rings. The molecular weight excluding hydrogens is 192 g/mol. The van der Waals surface area contributed by atoms with E-state index in [1.54, 1.807) is 11.3 Å². The number of rotatable bonds is 3. The number of thiophene rings is 1. The highest BCUT2D eigenvalue weighted by Crippen LogP contribution is 2.35. The molecule has 0 saturated heterocycles. The van der Waals surface area contributed by atoms with Gasteiger partial charge in [-0.2, -0.15) is 0 Å². The molecule has 3 N–H and O–H groups in total. The highest BCUT2D eigenvalue weighted by atomic mass is 32.1. The molecule has 1 atom stereocenters. The summed E-state index contributed by atoms with van der Waals surface area (Å²) < 4.78 is 0. The fraction of sp³-hybridized carbons (Fsp3) is 0.636. The molecule has 0 bridgehead atoms. The smallest absolute Gasteiger partial charge is 0.0581 e. The molecule has 1 heterocycles. The topological polar surface area (TPSA) is 38.0 Å². The first-order chi connectivity index (χ1) is 6.92. The van der Waals surface area contributed by atoms with Crippen LogP contribution in [-0.4, -0.2) is 0 Å². The molecule has 1 saturated carbocycles. The van der Waals surface area contributed by atoms with Crippen molar-refractivity contribution >= 4 is 11.3 Å². The van der Waals surface area contributed by atoms with Gasteiger partial charge in [0.25, 0.3) is 0 Å². The molecule has 0 aliphatic heterocycles. The SMILES string of the molecule is NNC(c1cccs1)C1CCCCC1. The van der Waals surface area contributed by atoms with Crippen LogP contribution in [0, 0.1) is 5.92 Å². The first kappa shape index (κ1) is 10.1. The van der Waals surface area contributed by atoms with Gasteiger partial charge >= 0.3 is 0 Å². The van der Waals surface area contributed by atoms with Crippen LogP contribution in [0.25, 0.3) is 0 Å². The van der Waals surface area contributed by atoms with Gasteiger partial charge in [-0.05, 0) is 30.2 Å². The summed E-state index contributed by atoms with van der Waals surface area (Å²) in [5.74, 6) is 6.39. The molecule has 1 aliphatic carbocycles. The van der Waals surface area contributed by atoms with Crippen molar-refractivity contribution in [2.45, 2.75) is 38.1 Å². The van der Waals surface area contributed by atoms with Crippen molar-refractivity contribution < 1.29 is 0 Å². The van der Waals surface area contributed by atoms with Gasteiger partial charge in [0.05, 0.1) is 6.04 Å². The van der Waals surface area contributed by atoms with Gasteiger partial charge in [-0.3, -0.25) is 11.3 Å². The van der Waals surface area contributed by atoms with Gasteiger partial charge in [0.15, 0.2) is 0 Å². The minimum atomic E-state index is 0.385. The number of hydrogen-bond donors (Lipinski definition) is 2. The quantitative estimate of drug-likeness (QED) is 0.594. The normalized spacial score (nSPS) is 20.9. The Morgan fingerprint density at radius 1 is 1.36 bits per heavy atom. The number of hydrogen-bond acceptors (Lipinski definition) is 3. The summed E-state index contributed by atoms with van der Waals surface area (Å²) in [6, 6.07) is 4.67. The van der Waals surface area contributed by atoms with Crippen LogP contribution in [0.1, 0.15) is 43.0 Å². The van der Waals surface area contributed by atoms with Crippen molar-refractivity contribution in [3.8, 4) is 0 Å². The molecule has 0 amide bonds. The highest BCUT2D eigenvalue weighted by molar-refractivity contribution is 7.10. The molecule has 1 unspecified atom stereocenters. The van der Waals surface area contributed by atoms with E-state index in [1.165, 1.54) is 37.0 Å². The zero-order valence-electron chi connectivity index (χ0n) is 8.41. The monoisotopic (exact) mass is 210 g/mol. The number of hydrazine groups is 1. The lowest BCUT2D eigenvalue weighted by Gasteiger charge is -2.28. The lowest BCUT2D eigenvalue weighted by atomic mass is 9.83. The minimum absolute atomic E-state index is 0.385. The summed E-state index contributed by atoms with van der Waals surface area (Å²) >= 11 is 1.81. The Morgan fingerprint density at radius 3 is 2.71 bits per heavy atom. The summed E-state index contributed by atoms with van der Waals surface area (Å²) in [6.07, 6.45) is 6.79.